The van der Waals surface area contributed by atoms with Crippen LogP contribution in [0.4, 0.5) is 0 Å². The number of hydrogen-bond donors (Lipinski definition) is 1. The van der Waals surface area contributed by atoms with Crippen molar-refractivity contribution in [1.29, 1.82) is 0 Å². The zero-order chi connectivity index (χ0) is 12.9. The van der Waals surface area contributed by atoms with Crippen LogP contribution in [0, 0.1) is 5.92 Å². The Morgan fingerprint density at radius 1 is 1.38 bits per heavy atom. The first-order valence-corrected chi connectivity index (χ1v) is 6.95. The zero-order valence-electron chi connectivity index (χ0n) is 11.3. The fraction of sp³-hybridized carbons (Fsp3) is 0.917. The summed E-state index contributed by atoms with van der Waals surface area (Å²) in [5.41, 5.74) is 0.842. The normalized spacial score (nSPS) is 17.6. The molecule has 0 heterocycles. The molecule has 4 heteroatoms. The van der Waals surface area contributed by atoms with Crippen molar-refractivity contribution in [3.05, 3.63) is 0 Å². The van der Waals surface area contributed by atoms with Gasteiger partial charge in [0, 0.05) is 12.1 Å². The summed E-state index contributed by atoms with van der Waals surface area (Å²) in [5, 5.41) is 9.76. The van der Waals surface area contributed by atoms with E-state index in [-0.39, 0.29) is 10.7 Å². The number of hydrogen-bond acceptors (Lipinski definition) is 2. The molecule has 0 bridgehead atoms. The maximum atomic E-state index is 11.8. The van der Waals surface area contributed by atoms with Gasteiger partial charge in [-0.3, -0.25) is 0 Å². The van der Waals surface area contributed by atoms with Gasteiger partial charge in [0.2, 0.25) is 0 Å². The summed E-state index contributed by atoms with van der Waals surface area (Å²) in [6.07, 6.45) is 0.873. The molecule has 0 amide bonds. The molecule has 3 nitrogen and oxygen atoms in total. The minimum absolute atomic E-state index is 0.208. The molecular formula is C12H25NO2S. The second-order valence-electron chi connectivity index (χ2n) is 5.39. The van der Waals surface area contributed by atoms with Crippen molar-refractivity contribution in [2.45, 2.75) is 65.2 Å². The van der Waals surface area contributed by atoms with E-state index in [0.717, 1.165) is 12.1 Å². The topological polar surface area (TPSA) is 49.7 Å². The molecule has 96 valence electrons. The number of aliphatic hydroxyl groups excluding tert-OH is 1. The van der Waals surface area contributed by atoms with Crippen molar-refractivity contribution < 1.29 is 9.32 Å². The van der Waals surface area contributed by atoms with Crippen LogP contribution < -0.4 is 0 Å². The quantitative estimate of drug-likeness (QED) is 0.759. The van der Waals surface area contributed by atoms with Crippen LogP contribution in [0.2, 0.25) is 0 Å². The summed E-state index contributed by atoms with van der Waals surface area (Å²) >= 11 is 0. The SMILES string of the molecule is CC/C(C[C@H](O)C(C)C)=N\S(=O)C(C)(C)C. The van der Waals surface area contributed by atoms with Crippen molar-refractivity contribution in [1.82, 2.24) is 0 Å². The minimum atomic E-state index is -1.22. The molecule has 0 saturated heterocycles. The van der Waals surface area contributed by atoms with Crippen molar-refractivity contribution in [3.8, 4) is 0 Å². The predicted molar refractivity (Wildman–Crippen MR) is 71.1 cm³/mol. The van der Waals surface area contributed by atoms with Crippen LogP contribution in [0.3, 0.4) is 0 Å². The van der Waals surface area contributed by atoms with Gasteiger partial charge in [0.15, 0.2) is 0 Å². The van der Waals surface area contributed by atoms with E-state index in [2.05, 4.69) is 4.40 Å². The van der Waals surface area contributed by atoms with Gasteiger partial charge in [0.1, 0.15) is 11.0 Å². The average Bonchev–Trinajstić information content (AvgIpc) is 2.14. The van der Waals surface area contributed by atoms with E-state index in [1.165, 1.54) is 0 Å². The van der Waals surface area contributed by atoms with E-state index >= 15 is 0 Å². The predicted octanol–water partition coefficient (Wildman–Crippen LogP) is 2.71. The number of rotatable bonds is 5. The van der Waals surface area contributed by atoms with Gasteiger partial charge in [0.25, 0.3) is 0 Å². The summed E-state index contributed by atoms with van der Waals surface area (Å²) in [4.78, 5) is 0. The third kappa shape index (κ3) is 5.75. The van der Waals surface area contributed by atoms with Gasteiger partial charge in [-0.05, 0) is 33.1 Å². The molecule has 0 aromatic heterocycles. The number of nitrogens with zero attached hydrogens (tertiary/aromatic N) is 1. The summed E-state index contributed by atoms with van der Waals surface area (Å²) in [6.45, 7) is 11.6. The lowest BCUT2D eigenvalue weighted by atomic mass is 10.0. The van der Waals surface area contributed by atoms with Gasteiger partial charge in [0.05, 0.1) is 10.9 Å². The van der Waals surface area contributed by atoms with Gasteiger partial charge >= 0.3 is 0 Å². The smallest absolute Gasteiger partial charge is 0.144 e. The largest absolute Gasteiger partial charge is 0.392 e. The average molecular weight is 247 g/mol. The molecule has 2 atom stereocenters. The van der Waals surface area contributed by atoms with E-state index in [9.17, 15) is 9.32 Å². The third-order valence-corrected chi connectivity index (χ3v) is 3.83. The van der Waals surface area contributed by atoms with Crippen molar-refractivity contribution >= 4 is 16.7 Å². The highest BCUT2D eigenvalue weighted by atomic mass is 32.2. The van der Waals surface area contributed by atoms with E-state index in [0.29, 0.717) is 6.42 Å². The van der Waals surface area contributed by atoms with Crippen molar-refractivity contribution in [2.24, 2.45) is 10.3 Å². The van der Waals surface area contributed by atoms with Crippen LogP contribution in [0.1, 0.15) is 54.4 Å². The monoisotopic (exact) mass is 247 g/mol. The molecule has 1 N–H and O–H groups in total. The Balaban J connectivity index is 4.62. The van der Waals surface area contributed by atoms with E-state index in [4.69, 9.17) is 0 Å². The van der Waals surface area contributed by atoms with Crippen LogP contribution >= 0.6 is 0 Å². The highest BCUT2D eigenvalue weighted by Crippen LogP contribution is 2.15. The molecule has 0 fully saturated rings. The molecule has 0 aliphatic heterocycles. The van der Waals surface area contributed by atoms with Crippen LogP contribution in [-0.2, 0) is 11.0 Å². The molecule has 0 aromatic carbocycles. The lowest BCUT2D eigenvalue weighted by Gasteiger charge is -2.17. The fourth-order valence-corrected chi connectivity index (χ4v) is 1.69. The molecule has 1 unspecified atom stereocenters. The van der Waals surface area contributed by atoms with Gasteiger partial charge in [-0.25, -0.2) is 4.21 Å². The van der Waals surface area contributed by atoms with E-state index in [1.807, 2.05) is 41.5 Å². The third-order valence-electron chi connectivity index (χ3n) is 2.36. The van der Waals surface area contributed by atoms with E-state index < -0.39 is 17.1 Å². The van der Waals surface area contributed by atoms with Crippen molar-refractivity contribution in [3.63, 3.8) is 0 Å². The first-order chi connectivity index (χ1) is 7.18. The molecule has 0 aliphatic carbocycles. The Bertz CT molecular complexity index is 267. The Morgan fingerprint density at radius 2 is 1.88 bits per heavy atom. The highest BCUT2D eigenvalue weighted by Gasteiger charge is 2.20. The molecule has 0 aromatic rings. The van der Waals surface area contributed by atoms with E-state index in [1.54, 1.807) is 0 Å². The fourth-order valence-electron chi connectivity index (χ4n) is 0.977. The van der Waals surface area contributed by atoms with Crippen LogP contribution in [-0.4, -0.2) is 25.9 Å². The summed E-state index contributed by atoms with van der Waals surface area (Å²) in [5.74, 6) is 0.208. The molecule has 0 saturated carbocycles. The Morgan fingerprint density at radius 3 is 2.19 bits per heavy atom. The second-order valence-corrected chi connectivity index (χ2v) is 7.29. The molecule has 16 heavy (non-hydrogen) atoms. The maximum absolute atomic E-state index is 11.8. The van der Waals surface area contributed by atoms with Crippen molar-refractivity contribution in [2.75, 3.05) is 0 Å². The van der Waals surface area contributed by atoms with Crippen LogP contribution in [0.5, 0.6) is 0 Å². The second kappa shape index (κ2) is 6.50. The lowest BCUT2D eigenvalue weighted by molar-refractivity contribution is 0.132. The highest BCUT2D eigenvalue weighted by molar-refractivity contribution is 7.85. The van der Waals surface area contributed by atoms with Gasteiger partial charge in [-0.1, -0.05) is 20.8 Å². The summed E-state index contributed by atoms with van der Waals surface area (Å²) < 4.78 is 15.7. The molecule has 0 aliphatic rings. The molecular weight excluding hydrogens is 222 g/mol. The van der Waals surface area contributed by atoms with Gasteiger partial charge < -0.3 is 5.11 Å². The van der Waals surface area contributed by atoms with Crippen LogP contribution in [0.25, 0.3) is 0 Å². The van der Waals surface area contributed by atoms with Gasteiger partial charge in [-0.2, -0.15) is 4.40 Å². The molecule has 0 spiro atoms. The first-order valence-electron chi connectivity index (χ1n) is 5.85. The maximum Gasteiger partial charge on any atom is 0.144 e. The van der Waals surface area contributed by atoms with Gasteiger partial charge in [-0.15, -0.1) is 0 Å². The lowest BCUT2D eigenvalue weighted by Crippen LogP contribution is -2.23. The molecule has 0 radical (unpaired) electrons. The summed E-state index contributed by atoms with van der Waals surface area (Å²) in [7, 11) is -1.22. The Labute approximate surface area is 102 Å². The number of aliphatic hydroxyl groups is 1. The van der Waals surface area contributed by atoms with Crippen LogP contribution in [0.15, 0.2) is 4.40 Å². The Hall–Kier alpha value is -0.220. The first kappa shape index (κ1) is 15.8. The summed E-state index contributed by atoms with van der Waals surface area (Å²) in [6, 6.07) is 0. The zero-order valence-corrected chi connectivity index (χ0v) is 12.1. The standard InChI is InChI=1S/C12H25NO2S/c1-7-10(8-11(14)9(2)3)13-16(15)12(4,5)6/h9,11,14H,7-8H2,1-6H3/b13-10+/t11-,16?/m0/s1. The minimum Gasteiger partial charge on any atom is -0.392 e. The molecule has 0 rings (SSSR count). The Kier molecular flexibility index (Phi) is 6.41.